The molecule has 60 valence electrons. The molecule has 0 aliphatic rings. The minimum atomic E-state index is 0.0994. The Bertz CT molecular complexity index is 108. The van der Waals surface area contributed by atoms with Crippen molar-refractivity contribution in [3.8, 4) is 0 Å². The molecule has 0 saturated carbocycles. The molecule has 0 amide bonds. The second-order valence-corrected chi connectivity index (χ2v) is 3.02. The van der Waals surface area contributed by atoms with Crippen LogP contribution in [0.1, 0.15) is 20.8 Å². The van der Waals surface area contributed by atoms with Crippen LogP contribution < -0.4 is 11.1 Å². The van der Waals surface area contributed by atoms with Gasteiger partial charge in [0.1, 0.15) is 0 Å². The van der Waals surface area contributed by atoms with Crippen LogP contribution in [0.25, 0.3) is 0 Å². The first kappa shape index (κ1) is 9.66. The van der Waals surface area contributed by atoms with Crippen LogP contribution >= 0.6 is 0 Å². The van der Waals surface area contributed by atoms with E-state index in [0.29, 0.717) is 6.04 Å². The van der Waals surface area contributed by atoms with Crippen molar-refractivity contribution >= 4 is 0 Å². The van der Waals surface area contributed by atoms with E-state index < -0.39 is 0 Å². The third-order valence-electron chi connectivity index (χ3n) is 1.38. The monoisotopic (exact) mass is 142 g/mol. The lowest BCUT2D eigenvalue weighted by atomic mass is 10.1. The lowest BCUT2D eigenvalue weighted by Gasteiger charge is -2.14. The lowest BCUT2D eigenvalue weighted by Crippen LogP contribution is -2.37. The van der Waals surface area contributed by atoms with Gasteiger partial charge in [-0.1, -0.05) is 26.0 Å². The second kappa shape index (κ2) is 4.47. The molecular weight excluding hydrogens is 124 g/mol. The Hall–Kier alpha value is -0.340. The van der Waals surface area contributed by atoms with Gasteiger partial charge in [-0.2, -0.15) is 0 Å². The number of hydrogen-bond donors (Lipinski definition) is 2. The lowest BCUT2D eigenvalue weighted by molar-refractivity contribution is 0.555. The molecule has 3 N–H and O–H groups in total. The molecule has 0 radical (unpaired) electrons. The molecule has 0 aromatic rings. The number of nitrogens with two attached hydrogens (primary N) is 1. The van der Waals surface area contributed by atoms with Gasteiger partial charge in [0.2, 0.25) is 0 Å². The highest BCUT2D eigenvalue weighted by Crippen LogP contribution is 1.92. The summed E-state index contributed by atoms with van der Waals surface area (Å²) in [7, 11) is 0. The molecule has 1 atom stereocenters. The first-order chi connectivity index (χ1) is 4.54. The van der Waals surface area contributed by atoms with Gasteiger partial charge in [-0.3, -0.25) is 0 Å². The van der Waals surface area contributed by atoms with Gasteiger partial charge >= 0.3 is 0 Å². The van der Waals surface area contributed by atoms with Gasteiger partial charge in [0.25, 0.3) is 0 Å². The summed E-state index contributed by atoms with van der Waals surface area (Å²) in [5.74, 6) is 0. The Labute approximate surface area is 63.5 Å². The minimum absolute atomic E-state index is 0.0994. The summed E-state index contributed by atoms with van der Waals surface area (Å²) >= 11 is 0. The topological polar surface area (TPSA) is 38.0 Å². The SMILES string of the molecule is C=C(C)C(N)CNC(C)C. The highest BCUT2D eigenvalue weighted by Gasteiger charge is 2.01. The number of nitrogens with one attached hydrogen (secondary N) is 1. The van der Waals surface area contributed by atoms with Crippen LogP contribution in [0.2, 0.25) is 0 Å². The van der Waals surface area contributed by atoms with E-state index in [1.54, 1.807) is 0 Å². The second-order valence-electron chi connectivity index (χ2n) is 3.02. The van der Waals surface area contributed by atoms with Crippen LogP contribution in [0, 0.1) is 0 Å². The molecular formula is C8H18N2. The van der Waals surface area contributed by atoms with E-state index >= 15 is 0 Å². The normalized spacial score (nSPS) is 13.7. The van der Waals surface area contributed by atoms with Crippen molar-refractivity contribution in [3.63, 3.8) is 0 Å². The molecule has 0 aliphatic heterocycles. The maximum atomic E-state index is 5.70. The summed E-state index contributed by atoms with van der Waals surface area (Å²) in [5.41, 5.74) is 6.74. The van der Waals surface area contributed by atoms with Gasteiger partial charge in [-0.25, -0.2) is 0 Å². The highest BCUT2D eigenvalue weighted by atomic mass is 14.9. The van der Waals surface area contributed by atoms with E-state index in [2.05, 4.69) is 25.7 Å². The van der Waals surface area contributed by atoms with Gasteiger partial charge in [0.15, 0.2) is 0 Å². The summed E-state index contributed by atoms with van der Waals surface area (Å²) in [4.78, 5) is 0. The molecule has 0 aromatic heterocycles. The predicted octanol–water partition coefficient (Wildman–Crippen LogP) is 0.888. The molecule has 1 unspecified atom stereocenters. The maximum Gasteiger partial charge on any atom is 0.0375 e. The molecule has 0 aromatic carbocycles. The molecule has 0 fully saturated rings. The van der Waals surface area contributed by atoms with Crippen LogP contribution in [0.5, 0.6) is 0 Å². The quantitative estimate of drug-likeness (QED) is 0.572. The van der Waals surface area contributed by atoms with Crippen molar-refractivity contribution in [2.45, 2.75) is 32.9 Å². The average Bonchev–Trinajstić information content (AvgIpc) is 1.82. The van der Waals surface area contributed by atoms with E-state index in [-0.39, 0.29) is 6.04 Å². The van der Waals surface area contributed by atoms with Gasteiger partial charge in [-0.05, 0) is 6.92 Å². The number of rotatable bonds is 4. The van der Waals surface area contributed by atoms with Crippen molar-refractivity contribution in [3.05, 3.63) is 12.2 Å². The van der Waals surface area contributed by atoms with Crippen LogP contribution in [0.4, 0.5) is 0 Å². The van der Waals surface area contributed by atoms with Crippen LogP contribution in [-0.4, -0.2) is 18.6 Å². The molecule has 0 spiro atoms. The molecule has 0 heterocycles. The van der Waals surface area contributed by atoms with E-state index in [0.717, 1.165) is 12.1 Å². The van der Waals surface area contributed by atoms with Gasteiger partial charge < -0.3 is 11.1 Å². The smallest absolute Gasteiger partial charge is 0.0375 e. The third kappa shape index (κ3) is 4.53. The molecule has 0 saturated heterocycles. The Morgan fingerprint density at radius 3 is 2.40 bits per heavy atom. The predicted molar refractivity (Wildman–Crippen MR) is 45.9 cm³/mol. The fourth-order valence-electron chi connectivity index (χ4n) is 0.537. The molecule has 10 heavy (non-hydrogen) atoms. The average molecular weight is 142 g/mol. The van der Waals surface area contributed by atoms with Gasteiger partial charge in [0, 0.05) is 18.6 Å². The first-order valence-corrected chi connectivity index (χ1v) is 3.68. The zero-order chi connectivity index (χ0) is 8.15. The van der Waals surface area contributed by atoms with E-state index in [9.17, 15) is 0 Å². The van der Waals surface area contributed by atoms with E-state index in [4.69, 9.17) is 5.73 Å². The molecule has 2 heteroatoms. The largest absolute Gasteiger partial charge is 0.323 e. The summed E-state index contributed by atoms with van der Waals surface area (Å²) in [6, 6.07) is 0.604. The minimum Gasteiger partial charge on any atom is -0.323 e. The standard InChI is InChI=1S/C8H18N2/c1-6(2)8(9)5-10-7(3)4/h7-8,10H,1,5,9H2,2-4H3. The van der Waals surface area contributed by atoms with E-state index in [1.807, 2.05) is 6.92 Å². The Morgan fingerprint density at radius 1 is 1.60 bits per heavy atom. The summed E-state index contributed by atoms with van der Waals surface area (Å²) in [5, 5.41) is 3.24. The maximum absolute atomic E-state index is 5.70. The van der Waals surface area contributed by atoms with Crippen LogP contribution in [0.15, 0.2) is 12.2 Å². The molecule has 0 aliphatic carbocycles. The molecule has 0 bridgehead atoms. The van der Waals surface area contributed by atoms with Crippen molar-refractivity contribution in [1.29, 1.82) is 0 Å². The zero-order valence-electron chi connectivity index (χ0n) is 7.15. The van der Waals surface area contributed by atoms with Gasteiger partial charge in [-0.15, -0.1) is 0 Å². The highest BCUT2D eigenvalue weighted by molar-refractivity contribution is 5.00. The zero-order valence-corrected chi connectivity index (χ0v) is 7.15. The first-order valence-electron chi connectivity index (χ1n) is 3.68. The van der Waals surface area contributed by atoms with Crippen molar-refractivity contribution in [1.82, 2.24) is 5.32 Å². The summed E-state index contributed by atoms with van der Waals surface area (Å²) < 4.78 is 0. The third-order valence-corrected chi connectivity index (χ3v) is 1.38. The Morgan fingerprint density at radius 2 is 2.10 bits per heavy atom. The Balaban J connectivity index is 3.40. The fourth-order valence-corrected chi connectivity index (χ4v) is 0.537. The summed E-state index contributed by atoms with van der Waals surface area (Å²) in [6.45, 7) is 10.8. The van der Waals surface area contributed by atoms with Crippen molar-refractivity contribution in [2.24, 2.45) is 5.73 Å². The van der Waals surface area contributed by atoms with Gasteiger partial charge in [0.05, 0.1) is 0 Å². The Kier molecular flexibility index (Phi) is 4.32. The van der Waals surface area contributed by atoms with E-state index in [1.165, 1.54) is 0 Å². The fraction of sp³-hybridized carbons (Fsp3) is 0.750. The van der Waals surface area contributed by atoms with Crippen molar-refractivity contribution in [2.75, 3.05) is 6.54 Å². The van der Waals surface area contributed by atoms with Crippen LogP contribution in [0.3, 0.4) is 0 Å². The van der Waals surface area contributed by atoms with Crippen molar-refractivity contribution < 1.29 is 0 Å². The number of hydrogen-bond acceptors (Lipinski definition) is 2. The van der Waals surface area contributed by atoms with Crippen LogP contribution in [-0.2, 0) is 0 Å². The summed E-state index contributed by atoms with van der Waals surface area (Å²) in [6.07, 6.45) is 0. The molecule has 2 nitrogen and oxygen atoms in total. The molecule has 0 rings (SSSR count).